The number of amides is 1. The van der Waals surface area contributed by atoms with Crippen LogP contribution in [0.2, 0.25) is 0 Å². The van der Waals surface area contributed by atoms with Gasteiger partial charge in [0.15, 0.2) is 0 Å². The Balaban J connectivity index is 1.65. The minimum atomic E-state index is 0.0378. The van der Waals surface area contributed by atoms with Gasteiger partial charge in [-0.2, -0.15) is 0 Å². The summed E-state index contributed by atoms with van der Waals surface area (Å²) in [4.78, 5) is 10.6. The van der Waals surface area contributed by atoms with Crippen LogP contribution in [0.25, 0.3) is 0 Å². The van der Waals surface area contributed by atoms with Gasteiger partial charge in [-0.3, -0.25) is 4.79 Å². The summed E-state index contributed by atoms with van der Waals surface area (Å²) >= 11 is 0. The van der Waals surface area contributed by atoms with E-state index in [0.717, 1.165) is 13.1 Å². The molecule has 3 nitrogen and oxygen atoms in total. The first-order valence-corrected chi connectivity index (χ1v) is 5.80. The number of fused-ring (bicyclic) bond motifs is 1. The number of carbonyl (C=O) groups is 1. The first-order chi connectivity index (χ1) is 7.77. The molecule has 1 aromatic rings. The van der Waals surface area contributed by atoms with Crippen LogP contribution in [0.15, 0.2) is 24.3 Å². The highest BCUT2D eigenvalue weighted by molar-refractivity contribution is 5.72. The molecule has 1 aliphatic carbocycles. The molecule has 0 bridgehead atoms. The Bertz CT molecular complexity index is 376. The molecule has 0 saturated heterocycles. The van der Waals surface area contributed by atoms with Gasteiger partial charge in [0.05, 0.1) is 0 Å². The third-order valence-corrected chi connectivity index (χ3v) is 3.03. The predicted molar refractivity (Wildman–Crippen MR) is 64.4 cm³/mol. The molecule has 0 aliphatic heterocycles. The molecule has 2 N–H and O–H groups in total. The summed E-state index contributed by atoms with van der Waals surface area (Å²) in [5, 5.41) is 6.14. The van der Waals surface area contributed by atoms with E-state index in [9.17, 15) is 4.79 Å². The summed E-state index contributed by atoms with van der Waals surface area (Å²) in [6.45, 7) is 4.11. The summed E-state index contributed by atoms with van der Waals surface area (Å²) in [6, 6.07) is 8.60. The molecule has 1 aliphatic rings. The zero-order chi connectivity index (χ0) is 11.4. The normalized spacial score (nSPS) is 17.4. The van der Waals surface area contributed by atoms with Gasteiger partial charge in [-0.25, -0.2) is 0 Å². The Morgan fingerprint density at radius 3 is 2.94 bits per heavy atom. The van der Waals surface area contributed by atoms with Gasteiger partial charge in [0, 0.05) is 32.5 Å². The van der Waals surface area contributed by atoms with Gasteiger partial charge in [0.2, 0.25) is 5.91 Å². The van der Waals surface area contributed by atoms with E-state index in [1.165, 1.54) is 17.5 Å². The summed E-state index contributed by atoms with van der Waals surface area (Å²) in [7, 11) is 0. The number of hydrogen-bond acceptors (Lipinski definition) is 2. The number of hydrogen-bond donors (Lipinski definition) is 2. The van der Waals surface area contributed by atoms with Crippen molar-refractivity contribution in [1.82, 2.24) is 10.6 Å². The third-order valence-electron chi connectivity index (χ3n) is 3.03. The maximum absolute atomic E-state index is 10.6. The van der Waals surface area contributed by atoms with Crippen LogP contribution in [-0.2, 0) is 11.2 Å². The average molecular weight is 218 g/mol. The molecule has 0 radical (unpaired) electrons. The van der Waals surface area contributed by atoms with Crippen LogP contribution in [0.5, 0.6) is 0 Å². The molecule has 16 heavy (non-hydrogen) atoms. The van der Waals surface area contributed by atoms with E-state index in [2.05, 4.69) is 34.9 Å². The van der Waals surface area contributed by atoms with E-state index in [-0.39, 0.29) is 5.91 Å². The topological polar surface area (TPSA) is 41.1 Å². The fourth-order valence-electron chi connectivity index (χ4n) is 2.15. The standard InChI is InChI=1S/C13H18N2O/c1-10(16)15-7-6-14-9-12-8-11-4-2-3-5-13(11)12/h2-5,12,14H,6-9H2,1H3,(H,15,16). The van der Waals surface area contributed by atoms with Crippen LogP contribution in [0.4, 0.5) is 0 Å². The van der Waals surface area contributed by atoms with Crippen LogP contribution in [0.1, 0.15) is 24.0 Å². The van der Waals surface area contributed by atoms with Crippen LogP contribution < -0.4 is 10.6 Å². The Morgan fingerprint density at radius 1 is 1.38 bits per heavy atom. The smallest absolute Gasteiger partial charge is 0.216 e. The summed E-state index contributed by atoms with van der Waals surface area (Å²) in [6.07, 6.45) is 1.18. The minimum absolute atomic E-state index is 0.0378. The maximum Gasteiger partial charge on any atom is 0.216 e. The molecule has 0 aromatic heterocycles. The first-order valence-electron chi connectivity index (χ1n) is 5.80. The quantitative estimate of drug-likeness (QED) is 0.725. The number of nitrogens with one attached hydrogen (secondary N) is 2. The highest BCUT2D eigenvalue weighted by atomic mass is 16.1. The molecule has 1 aromatic carbocycles. The molecule has 1 atom stereocenters. The van der Waals surface area contributed by atoms with Crippen molar-refractivity contribution in [2.75, 3.05) is 19.6 Å². The third kappa shape index (κ3) is 2.61. The molecule has 1 unspecified atom stereocenters. The van der Waals surface area contributed by atoms with Gasteiger partial charge in [-0.15, -0.1) is 0 Å². The van der Waals surface area contributed by atoms with Crippen LogP contribution in [-0.4, -0.2) is 25.5 Å². The molecule has 0 heterocycles. The van der Waals surface area contributed by atoms with Gasteiger partial charge in [-0.1, -0.05) is 24.3 Å². The first kappa shape index (κ1) is 11.1. The van der Waals surface area contributed by atoms with Crippen molar-refractivity contribution in [3.05, 3.63) is 35.4 Å². The van der Waals surface area contributed by atoms with Crippen LogP contribution >= 0.6 is 0 Å². The SMILES string of the molecule is CC(=O)NCCNCC1Cc2ccccc21. The van der Waals surface area contributed by atoms with E-state index in [4.69, 9.17) is 0 Å². The highest BCUT2D eigenvalue weighted by Gasteiger charge is 2.24. The van der Waals surface area contributed by atoms with Crippen LogP contribution in [0.3, 0.4) is 0 Å². The lowest BCUT2D eigenvalue weighted by molar-refractivity contribution is -0.118. The summed E-state index contributed by atoms with van der Waals surface area (Å²) in [5.74, 6) is 0.698. The molecule has 1 amide bonds. The van der Waals surface area contributed by atoms with Crippen molar-refractivity contribution in [2.45, 2.75) is 19.3 Å². The van der Waals surface area contributed by atoms with Crippen molar-refractivity contribution in [3.63, 3.8) is 0 Å². The predicted octanol–water partition coefficient (Wildman–Crippen LogP) is 1.05. The van der Waals surface area contributed by atoms with Gasteiger partial charge in [0.1, 0.15) is 0 Å². The molecule has 86 valence electrons. The van der Waals surface area contributed by atoms with E-state index in [0.29, 0.717) is 12.5 Å². The molecule has 3 heteroatoms. The van der Waals surface area contributed by atoms with E-state index in [1.807, 2.05) is 0 Å². The molecule has 0 saturated carbocycles. The lowest BCUT2D eigenvalue weighted by Gasteiger charge is -2.30. The van der Waals surface area contributed by atoms with E-state index in [1.54, 1.807) is 6.92 Å². The Labute approximate surface area is 96.2 Å². The summed E-state index contributed by atoms with van der Waals surface area (Å²) in [5.41, 5.74) is 2.96. The molecule has 0 fully saturated rings. The second-order valence-corrected chi connectivity index (χ2v) is 4.29. The fourth-order valence-corrected chi connectivity index (χ4v) is 2.15. The van der Waals surface area contributed by atoms with Crippen molar-refractivity contribution in [2.24, 2.45) is 0 Å². The molecular weight excluding hydrogens is 200 g/mol. The second-order valence-electron chi connectivity index (χ2n) is 4.29. The minimum Gasteiger partial charge on any atom is -0.355 e. The van der Waals surface area contributed by atoms with Crippen LogP contribution in [0, 0.1) is 0 Å². The Kier molecular flexibility index (Phi) is 3.57. The van der Waals surface area contributed by atoms with Gasteiger partial charge < -0.3 is 10.6 Å². The number of rotatable bonds is 5. The number of benzene rings is 1. The van der Waals surface area contributed by atoms with E-state index < -0.39 is 0 Å². The maximum atomic E-state index is 10.6. The van der Waals surface area contributed by atoms with Crippen molar-refractivity contribution >= 4 is 5.91 Å². The van der Waals surface area contributed by atoms with Gasteiger partial charge in [0.25, 0.3) is 0 Å². The number of carbonyl (C=O) groups excluding carboxylic acids is 1. The Hall–Kier alpha value is -1.35. The lowest BCUT2D eigenvalue weighted by Crippen LogP contribution is -2.34. The average Bonchev–Trinajstić information content (AvgIpc) is 2.23. The second kappa shape index (κ2) is 5.12. The van der Waals surface area contributed by atoms with Gasteiger partial charge in [-0.05, 0) is 17.5 Å². The van der Waals surface area contributed by atoms with Gasteiger partial charge >= 0.3 is 0 Å². The zero-order valence-corrected chi connectivity index (χ0v) is 9.62. The largest absolute Gasteiger partial charge is 0.355 e. The van der Waals surface area contributed by atoms with Crippen molar-refractivity contribution < 1.29 is 4.79 Å². The monoisotopic (exact) mass is 218 g/mol. The fraction of sp³-hybridized carbons (Fsp3) is 0.462. The molecule has 2 rings (SSSR count). The van der Waals surface area contributed by atoms with Crippen molar-refractivity contribution in [3.8, 4) is 0 Å². The Morgan fingerprint density at radius 2 is 2.19 bits per heavy atom. The summed E-state index contributed by atoms with van der Waals surface area (Å²) < 4.78 is 0. The molecule has 0 spiro atoms. The van der Waals surface area contributed by atoms with Crippen molar-refractivity contribution in [1.29, 1.82) is 0 Å². The molecular formula is C13H18N2O. The van der Waals surface area contributed by atoms with E-state index >= 15 is 0 Å². The highest BCUT2D eigenvalue weighted by Crippen LogP contribution is 2.33. The zero-order valence-electron chi connectivity index (χ0n) is 9.62. The lowest BCUT2D eigenvalue weighted by atomic mass is 9.78.